The lowest BCUT2D eigenvalue weighted by Crippen LogP contribution is -2.06. The number of rotatable bonds is 4. The number of esters is 1. The smallest absolute Gasteiger partial charge is 0.338 e. The van der Waals surface area contributed by atoms with Crippen molar-refractivity contribution in [1.82, 2.24) is 15.0 Å². The molecule has 0 N–H and O–H groups in total. The van der Waals surface area contributed by atoms with Crippen LogP contribution in [0.15, 0.2) is 48.5 Å². The van der Waals surface area contributed by atoms with Crippen LogP contribution in [0.25, 0.3) is 22.8 Å². The highest BCUT2D eigenvalue weighted by molar-refractivity contribution is 5.91. The molecular weight excluding hydrogens is 314 g/mol. The van der Waals surface area contributed by atoms with Crippen LogP contribution in [0.1, 0.15) is 28.7 Å². The quantitative estimate of drug-likeness (QED) is 0.675. The molecular formula is C20H19N3O2. The van der Waals surface area contributed by atoms with Crippen LogP contribution in [0.4, 0.5) is 0 Å². The van der Waals surface area contributed by atoms with Crippen molar-refractivity contribution >= 4 is 5.97 Å². The minimum Gasteiger partial charge on any atom is -0.462 e. The number of pyridine rings is 3. The number of hydrogen-bond donors (Lipinski definition) is 0. The van der Waals surface area contributed by atoms with E-state index in [1.165, 1.54) is 0 Å². The molecule has 0 aliphatic rings. The summed E-state index contributed by atoms with van der Waals surface area (Å²) >= 11 is 0. The van der Waals surface area contributed by atoms with Gasteiger partial charge in [0.05, 0.1) is 34.9 Å². The Kier molecular flexibility index (Phi) is 4.84. The van der Waals surface area contributed by atoms with Gasteiger partial charge in [0, 0.05) is 11.4 Å². The normalized spacial score (nSPS) is 10.5. The second-order valence-electron chi connectivity index (χ2n) is 5.68. The zero-order valence-electron chi connectivity index (χ0n) is 14.5. The van der Waals surface area contributed by atoms with Gasteiger partial charge in [0.25, 0.3) is 0 Å². The average Bonchev–Trinajstić information content (AvgIpc) is 2.61. The van der Waals surface area contributed by atoms with Crippen molar-refractivity contribution in [3.63, 3.8) is 0 Å². The second-order valence-corrected chi connectivity index (χ2v) is 5.68. The summed E-state index contributed by atoms with van der Waals surface area (Å²) in [6.45, 7) is 5.94. The fourth-order valence-electron chi connectivity index (χ4n) is 2.50. The molecule has 3 aromatic rings. The first kappa shape index (κ1) is 16.8. The molecule has 0 aliphatic heterocycles. The molecule has 0 aliphatic carbocycles. The van der Waals surface area contributed by atoms with E-state index < -0.39 is 0 Å². The lowest BCUT2D eigenvalue weighted by molar-refractivity contribution is 0.0526. The van der Waals surface area contributed by atoms with Crippen LogP contribution < -0.4 is 0 Å². The molecule has 5 heteroatoms. The largest absolute Gasteiger partial charge is 0.462 e. The lowest BCUT2D eigenvalue weighted by Gasteiger charge is -2.09. The number of hydrogen-bond acceptors (Lipinski definition) is 5. The number of aryl methyl sites for hydroxylation is 2. The fourth-order valence-corrected chi connectivity index (χ4v) is 2.50. The molecule has 0 aromatic carbocycles. The van der Waals surface area contributed by atoms with Crippen molar-refractivity contribution in [2.45, 2.75) is 20.8 Å². The van der Waals surface area contributed by atoms with Gasteiger partial charge in [-0.05, 0) is 57.2 Å². The molecule has 0 bridgehead atoms. The molecule has 3 heterocycles. The minimum atomic E-state index is -0.382. The topological polar surface area (TPSA) is 65.0 Å². The van der Waals surface area contributed by atoms with Crippen LogP contribution in [0.5, 0.6) is 0 Å². The Morgan fingerprint density at radius 3 is 1.80 bits per heavy atom. The molecule has 3 aromatic heterocycles. The number of ether oxygens (including phenoxy) is 1. The average molecular weight is 333 g/mol. The van der Waals surface area contributed by atoms with E-state index >= 15 is 0 Å². The summed E-state index contributed by atoms with van der Waals surface area (Å²) in [5, 5.41) is 0. The summed E-state index contributed by atoms with van der Waals surface area (Å²) in [5.74, 6) is -0.382. The molecule has 0 radical (unpaired) electrons. The molecule has 3 rings (SSSR count). The third-order valence-electron chi connectivity index (χ3n) is 3.64. The Morgan fingerprint density at radius 1 is 0.840 bits per heavy atom. The van der Waals surface area contributed by atoms with Gasteiger partial charge in [-0.1, -0.05) is 12.1 Å². The van der Waals surface area contributed by atoms with Crippen LogP contribution >= 0.6 is 0 Å². The van der Waals surface area contributed by atoms with Crippen LogP contribution in [-0.4, -0.2) is 27.5 Å². The van der Waals surface area contributed by atoms with E-state index in [2.05, 4.69) is 15.0 Å². The molecule has 0 saturated heterocycles. The van der Waals surface area contributed by atoms with Gasteiger partial charge in [-0.25, -0.2) is 9.78 Å². The number of carbonyl (C=O) groups is 1. The highest BCUT2D eigenvalue weighted by Crippen LogP contribution is 2.23. The molecule has 5 nitrogen and oxygen atoms in total. The Hall–Kier alpha value is -3.08. The number of nitrogens with zero attached hydrogens (tertiary/aromatic N) is 3. The first-order chi connectivity index (χ1) is 12.1. The van der Waals surface area contributed by atoms with Crippen LogP contribution in [0, 0.1) is 13.8 Å². The van der Waals surface area contributed by atoms with E-state index in [0.717, 1.165) is 11.4 Å². The molecule has 0 spiro atoms. The van der Waals surface area contributed by atoms with E-state index in [4.69, 9.17) is 4.74 Å². The van der Waals surface area contributed by atoms with Crippen molar-refractivity contribution < 1.29 is 9.53 Å². The summed E-state index contributed by atoms with van der Waals surface area (Å²) in [6.07, 6.45) is 0. The maximum atomic E-state index is 12.3. The third-order valence-corrected chi connectivity index (χ3v) is 3.64. The highest BCUT2D eigenvalue weighted by atomic mass is 16.5. The molecule has 0 atom stereocenters. The van der Waals surface area contributed by atoms with E-state index in [9.17, 15) is 4.79 Å². The number of carbonyl (C=O) groups excluding carboxylic acids is 1. The van der Waals surface area contributed by atoms with Gasteiger partial charge in [-0.2, -0.15) is 0 Å². The summed E-state index contributed by atoms with van der Waals surface area (Å²) in [6, 6.07) is 14.8. The maximum Gasteiger partial charge on any atom is 0.338 e. The van der Waals surface area contributed by atoms with Gasteiger partial charge in [0.2, 0.25) is 0 Å². The molecule has 25 heavy (non-hydrogen) atoms. The highest BCUT2D eigenvalue weighted by Gasteiger charge is 2.14. The molecule has 0 fully saturated rings. The maximum absolute atomic E-state index is 12.3. The van der Waals surface area contributed by atoms with Crippen molar-refractivity contribution in [1.29, 1.82) is 0 Å². The van der Waals surface area contributed by atoms with Gasteiger partial charge in [-0.15, -0.1) is 0 Å². The van der Waals surface area contributed by atoms with E-state index in [1.54, 1.807) is 19.1 Å². The van der Waals surface area contributed by atoms with Gasteiger partial charge in [0.15, 0.2) is 0 Å². The summed E-state index contributed by atoms with van der Waals surface area (Å²) in [7, 11) is 0. The van der Waals surface area contributed by atoms with Crippen molar-refractivity contribution in [2.24, 2.45) is 0 Å². The van der Waals surface area contributed by atoms with Crippen LogP contribution in [0.2, 0.25) is 0 Å². The second kappa shape index (κ2) is 7.21. The fraction of sp³-hybridized carbons (Fsp3) is 0.200. The van der Waals surface area contributed by atoms with Crippen LogP contribution in [0.3, 0.4) is 0 Å². The van der Waals surface area contributed by atoms with E-state index in [-0.39, 0.29) is 5.97 Å². The van der Waals surface area contributed by atoms with Crippen LogP contribution in [-0.2, 0) is 4.74 Å². The van der Waals surface area contributed by atoms with Gasteiger partial charge < -0.3 is 4.74 Å². The standard InChI is InChI=1S/C20H19N3O2/c1-4-25-20(24)15-11-18(16-9-5-7-13(2)21-16)23-19(12-15)17-10-6-8-14(3)22-17/h5-12H,4H2,1-3H3. The van der Waals surface area contributed by atoms with Crippen molar-refractivity contribution in [3.8, 4) is 22.8 Å². The third kappa shape index (κ3) is 3.88. The Labute approximate surface area is 146 Å². The van der Waals surface area contributed by atoms with E-state index in [0.29, 0.717) is 34.9 Å². The first-order valence-corrected chi connectivity index (χ1v) is 8.14. The Morgan fingerprint density at radius 2 is 1.36 bits per heavy atom. The Bertz CT molecular complexity index is 859. The summed E-state index contributed by atoms with van der Waals surface area (Å²) in [4.78, 5) is 25.9. The predicted octanol–water partition coefficient (Wildman–Crippen LogP) is 4.00. The Balaban J connectivity index is 2.16. The molecule has 126 valence electrons. The summed E-state index contributed by atoms with van der Waals surface area (Å²) < 4.78 is 5.15. The van der Waals surface area contributed by atoms with Crippen molar-refractivity contribution in [3.05, 3.63) is 65.5 Å². The van der Waals surface area contributed by atoms with Gasteiger partial charge in [-0.3, -0.25) is 9.97 Å². The monoisotopic (exact) mass is 333 g/mol. The zero-order valence-corrected chi connectivity index (χ0v) is 14.5. The molecule has 0 saturated carbocycles. The SMILES string of the molecule is CCOC(=O)c1cc(-c2cccc(C)n2)nc(-c2cccc(C)n2)c1. The summed E-state index contributed by atoms with van der Waals surface area (Å²) in [5.41, 5.74) is 4.86. The first-order valence-electron chi connectivity index (χ1n) is 8.14. The molecule has 0 amide bonds. The van der Waals surface area contributed by atoms with Crippen molar-refractivity contribution in [2.75, 3.05) is 6.61 Å². The number of aromatic nitrogens is 3. The van der Waals surface area contributed by atoms with Gasteiger partial charge in [0.1, 0.15) is 0 Å². The molecule has 0 unspecified atom stereocenters. The zero-order chi connectivity index (χ0) is 17.8. The lowest BCUT2D eigenvalue weighted by atomic mass is 10.1. The van der Waals surface area contributed by atoms with E-state index in [1.807, 2.05) is 50.2 Å². The minimum absolute atomic E-state index is 0.317. The van der Waals surface area contributed by atoms with Gasteiger partial charge >= 0.3 is 5.97 Å². The predicted molar refractivity (Wildman–Crippen MR) is 96.1 cm³/mol.